The molecule has 2 N–H and O–H groups in total. The number of carbonyl (C=O) groups is 1. The molecule has 0 aliphatic rings. The minimum Gasteiger partial charge on any atom is -0.495 e. The standard InChI is InChI=1S/C17H17ClN6O2/c1-10-6-11(2)24(23-10)16-8-15(19-9-20-16)22-17(25)21-13-7-12(18)4-5-14(13)26-3/h4-9H,1-3H3,(H2,19,20,21,22,25). The van der Waals surface area contributed by atoms with E-state index in [9.17, 15) is 4.79 Å². The summed E-state index contributed by atoms with van der Waals surface area (Å²) in [6.07, 6.45) is 1.36. The van der Waals surface area contributed by atoms with Gasteiger partial charge in [-0.2, -0.15) is 5.10 Å². The third-order valence-electron chi connectivity index (χ3n) is 3.53. The van der Waals surface area contributed by atoms with Crippen LogP contribution in [-0.4, -0.2) is 32.9 Å². The molecule has 26 heavy (non-hydrogen) atoms. The average molecular weight is 373 g/mol. The monoisotopic (exact) mass is 372 g/mol. The molecular formula is C17H17ClN6O2. The van der Waals surface area contributed by atoms with E-state index >= 15 is 0 Å². The number of halogens is 1. The molecule has 8 nitrogen and oxygen atoms in total. The van der Waals surface area contributed by atoms with Crippen molar-refractivity contribution in [2.24, 2.45) is 0 Å². The fraction of sp³-hybridized carbons (Fsp3) is 0.176. The highest BCUT2D eigenvalue weighted by atomic mass is 35.5. The van der Waals surface area contributed by atoms with Gasteiger partial charge in [0.25, 0.3) is 0 Å². The van der Waals surface area contributed by atoms with Crippen molar-refractivity contribution in [3.63, 3.8) is 0 Å². The number of hydrogen-bond acceptors (Lipinski definition) is 5. The number of rotatable bonds is 4. The van der Waals surface area contributed by atoms with E-state index in [0.29, 0.717) is 28.1 Å². The zero-order valence-electron chi connectivity index (χ0n) is 14.4. The van der Waals surface area contributed by atoms with Crippen LogP contribution in [-0.2, 0) is 0 Å². The van der Waals surface area contributed by atoms with Crippen LogP contribution in [0.15, 0.2) is 36.7 Å². The van der Waals surface area contributed by atoms with Crippen LogP contribution in [0.4, 0.5) is 16.3 Å². The van der Waals surface area contributed by atoms with Gasteiger partial charge in [0.1, 0.15) is 17.9 Å². The number of aromatic nitrogens is 4. The van der Waals surface area contributed by atoms with Crippen LogP contribution < -0.4 is 15.4 Å². The zero-order chi connectivity index (χ0) is 18.7. The normalized spacial score (nSPS) is 10.5. The van der Waals surface area contributed by atoms with Gasteiger partial charge in [-0.3, -0.25) is 5.32 Å². The SMILES string of the molecule is COc1ccc(Cl)cc1NC(=O)Nc1cc(-n2nc(C)cc2C)ncn1. The molecule has 0 saturated carbocycles. The topological polar surface area (TPSA) is 94.0 Å². The summed E-state index contributed by atoms with van der Waals surface area (Å²) >= 11 is 5.97. The van der Waals surface area contributed by atoms with E-state index in [1.54, 1.807) is 28.9 Å². The second kappa shape index (κ2) is 7.40. The Morgan fingerprint density at radius 2 is 1.96 bits per heavy atom. The molecule has 0 spiro atoms. The molecule has 9 heteroatoms. The summed E-state index contributed by atoms with van der Waals surface area (Å²) in [4.78, 5) is 20.5. The Morgan fingerprint density at radius 1 is 1.15 bits per heavy atom. The predicted octanol–water partition coefficient (Wildman–Crippen LogP) is 3.59. The van der Waals surface area contributed by atoms with Crippen LogP contribution in [0.2, 0.25) is 5.02 Å². The number of nitrogens with zero attached hydrogens (tertiary/aromatic N) is 4. The predicted molar refractivity (Wildman–Crippen MR) is 99.3 cm³/mol. The summed E-state index contributed by atoms with van der Waals surface area (Å²) in [6.45, 7) is 3.82. The van der Waals surface area contributed by atoms with E-state index < -0.39 is 6.03 Å². The molecule has 3 aromatic rings. The summed E-state index contributed by atoms with van der Waals surface area (Å²) in [6, 6.07) is 8.03. The van der Waals surface area contributed by atoms with Gasteiger partial charge in [-0.25, -0.2) is 19.4 Å². The van der Waals surface area contributed by atoms with E-state index in [1.807, 2.05) is 19.9 Å². The Balaban J connectivity index is 1.77. The van der Waals surface area contributed by atoms with Gasteiger partial charge in [0.2, 0.25) is 0 Å². The number of ether oxygens (including phenoxy) is 1. The first kappa shape index (κ1) is 17.7. The van der Waals surface area contributed by atoms with E-state index in [4.69, 9.17) is 16.3 Å². The van der Waals surface area contributed by atoms with Gasteiger partial charge in [-0.05, 0) is 38.1 Å². The number of aryl methyl sites for hydroxylation is 2. The third-order valence-corrected chi connectivity index (χ3v) is 3.77. The maximum Gasteiger partial charge on any atom is 0.324 e. The first-order chi connectivity index (χ1) is 12.5. The fourth-order valence-corrected chi connectivity index (χ4v) is 2.61. The van der Waals surface area contributed by atoms with Gasteiger partial charge >= 0.3 is 6.03 Å². The van der Waals surface area contributed by atoms with Crippen LogP contribution in [0.5, 0.6) is 5.75 Å². The molecule has 0 saturated heterocycles. The van der Waals surface area contributed by atoms with Crippen LogP contribution in [0, 0.1) is 13.8 Å². The molecule has 1 aromatic carbocycles. The van der Waals surface area contributed by atoms with E-state index in [0.717, 1.165) is 11.4 Å². The van der Waals surface area contributed by atoms with Crippen molar-refractivity contribution in [2.45, 2.75) is 13.8 Å². The summed E-state index contributed by atoms with van der Waals surface area (Å²) in [5.41, 5.74) is 2.26. The lowest BCUT2D eigenvalue weighted by molar-refractivity contribution is 0.262. The van der Waals surface area contributed by atoms with Crippen LogP contribution >= 0.6 is 11.6 Å². The second-order valence-corrected chi connectivity index (χ2v) is 5.96. The van der Waals surface area contributed by atoms with Gasteiger partial charge < -0.3 is 10.1 Å². The molecule has 0 fully saturated rings. The lowest BCUT2D eigenvalue weighted by atomic mass is 10.3. The number of methoxy groups -OCH3 is 1. The molecule has 0 bridgehead atoms. The van der Waals surface area contributed by atoms with Crippen molar-refractivity contribution in [3.8, 4) is 11.6 Å². The highest BCUT2D eigenvalue weighted by Gasteiger charge is 2.11. The maximum atomic E-state index is 12.3. The van der Waals surface area contributed by atoms with Crippen LogP contribution in [0.25, 0.3) is 5.82 Å². The number of anilines is 2. The number of hydrogen-bond donors (Lipinski definition) is 2. The smallest absolute Gasteiger partial charge is 0.324 e. The quantitative estimate of drug-likeness (QED) is 0.729. The molecule has 2 aromatic heterocycles. The number of urea groups is 1. The van der Waals surface area contributed by atoms with Gasteiger partial charge in [0, 0.05) is 16.8 Å². The van der Waals surface area contributed by atoms with Crippen molar-refractivity contribution in [1.29, 1.82) is 0 Å². The van der Waals surface area contributed by atoms with E-state index in [-0.39, 0.29) is 0 Å². The Labute approximate surface area is 155 Å². The highest BCUT2D eigenvalue weighted by Crippen LogP contribution is 2.27. The fourth-order valence-electron chi connectivity index (χ4n) is 2.44. The van der Waals surface area contributed by atoms with Gasteiger partial charge in [-0.15, -0.1) is 0 Å². The van der Waals surface area contributed by atoms with Gasteiger partial charge in [0.05, 0.1) is 18.5 Å². The Kier molecular flexibility index (Phi) is 5.04. The van der Waals surface area contributed by atoms with Crippen LogP contribution in [0.3, 0.4) is 0 Å². The van der Waals surface area contributed by atoms with Crippen molar-refractivity contribution < 1.29 is 9.53 Å². The van der Waals surface area contributed by atoms with Gasteiger partial charge in [0.15, 0.2) is 5.82 Å². The largest absolute Gasteiger partial charge is 0.495 e. The van der Waals surface area contributed by atoms with Crippen molar-refractivity contribution in [3.05, 3.63) is 53.1 Å². The second-order valence-electron chi connectivity index (χ2n) is 5.52. The average Bonchev–Trinajstić information content (AvgIpc) is 2.93. The molecule has 2 amide bonds. The van der Waals surface area contributed by atoms with Crippen molar-refractivity contribution in [2.75, 3.05) is 17.7 Å². The summed E-state index contributed by atoms with van der Waals surface area (Å²) < 4.78 is 6.89. The van der Waals surface area contributed by atoms with Crippen molar-refractivity contribution >= 4 is 29.1 Å². The molecule has 0 aliphatic heterocycles. The number of amides is 2. The Morgan fingerprint density at radius 3 is 2.65 bits per heavy atom. The van der Waals surface area contributed by atoms with Crippen molar-refractivity contribution in [1.82, 2.24) is 19.7 Å². The van der Waals surface area contributed by atoms with E-state index in [1.165, 1.54) is 13.4 Å². The Hall–Kier alpha value is -3.13. The van der Waals surface area contributed by atoms with E-state index in [2.05, 4.69) is 25.7 Å². The highest BCUT2D eigenvalue weighted by molar-refractivity contribution is 6.31. The summed E-state index contributed by atoms with van der Waals surface area (Å²) in [7, 11) is 1.51. The first-order valence-electron chi connectivity index (χ1n) is 7.73. The molecular weight excluding hydrogens is 356 g/mol. The van der Waals surface area contributed by atoms with Gasteiger partial charge in [-0.1, -0.05) is 11.6 Å². The molecule has 2 heterocycles. The van der Waals surface area contributed by atoms with Crippen LogP contribution in [0.1, 0.15) is 11.4 Å². The molecule has 0 aliphatic carbocycles. The summed E-state index contributed by atoms with van der Waals surface area (Å²) in [5, 5.41) is 10.2. The minimum absolute atomic E-state index is 0.334. The molecule has 134 valence electrons. The summed E-state index contributed by atoms with van der Waals surface area (Å²) in [5.74, 6) is 1.39. The lowest BCUT2D eigenvalue weighted by Crippen LogP contribution is -2.21. The minimum atomic E-state index is -0.483. The molecule has 3 rings (SSSR count). The molecule has 0 radical (unpaired) electrons. The number of benzene rings is 1. The lowest BCUT2D eigenvalue weighted by Gasteiger charge is -2.11. The Bertz CT molecular complexity index is 956. The number of nitrogens with one attached hydrogen (secondary N) is 2. The molecule has 0 unspecified atom stereocenters. The zero-order valence-corrected chi connectivity index (χ0v) is 15.2. The first-order valence-corrected chi connectivity index (χ1v) is 8.11. The maximum absolute atomic E-state index is 12.3. The third kappa shape index (κ3) is 3.92. The molecule has 0 atom stereocenters. The number of carbonyl (C=O) groups excluding carboxylic acids is 1.